The second-order valence-electron chi connectivity index (χ2n) is 6.82. The van der Waals surface area contributed by atoms with Crippen molar-refractivity contribution in [2.75, 3.05) is 13.9 Å². The fourth-order valence-electron chi connectivity index (χ4n) is 3.38. The van der Waals surface area contributed by atoms with Gasteiger partial charge in [-0.2, -0.15) is 0 Å². The summed E-state index contributed by atoms with van der Waals surface area (Å²) in [4.78, 5) is 29.8. The van der Waals surface area contributed by atoms with Crippen molar-refractivity contribution in [3.63, 3.8) is 0 Å². The van der Waals surface area contributed by atoms with Crippen LogP contribution in [0.1, 0.15) is 21.5 Å². The van der Waals surface area contributed by atoms with Gasteiger partial charge in [-0.3, -0.25) is 9.78 Å². The summed E-state index contributed by atoms with van der Waals surface area (Å²) in [6.07, 6.45) is 3.33. The van der Waals surface area contributed by atoms with E-state index in [0.29, 0.717) is 28.4 Å². The largest absolute Gasteiger partial charge is 0.497 e. The molecule has 0 atom stereocenters. The molecule has 0 fully saturated rings. The lowest BCUT2D eigenvalue weighted by Gasteiger charge is -2.14. The lowest BCUT2D eigenvalue weighted by Crippen LogP contribution is -2.14. The maximum Gasteiger partial charge on any atom is 0.336 e. The van der Waals surface area contributed by atoms with Gasteiger partial charge >= 0.3 is 5.97 Å². The standard InChI is InChI=1S/C24H19NO6/c1-29-18-5-2-16(3-6-18)23(26)19(12-15-8-10-25-11-9-15)22(24(27)28)17-4-7-20-21(13-17)31-14-30-20/h2-11,13H,12,14H2,1H3,(H,27,28)/b22-19-. The zero-order chi connectivity index (χ0) is 21.8. The van der Waals surface area contributed by atoms with Crippen molar-refractivity contribution in [3.05, 3.63) is 89.3 Å². The number of carboxylic acid groups (broad SMARTS) is 1. The molecular formula is C24H19NO6. The molecule has 3 aromatic rings. The number of rotatable bonds is 7. The Bertz CT molecular complexity index is 1150. The molecule has 1 N–H and O–H groups in total. The van der Waals surface area contributed by atoms with Gasteiger partial charge in [0.15, 0.2) is 17.3 Å². The Morgan fingerprint density at radius 2 is 1.65 bits per heavy atom. The summed E-state index contributed by atoms with van der Waals surface area (Å²) >= 11 is 0. The van der Waals surface area contributed by atoms with Crippen LogP contribution in [0.4, 0.5) is 0 Å². The van der Waals surface area contributed by atoms with Crippen molar-refractivity contribution in [1.29, 1.82) is 0 Å². The van der Waals surface area contributed by atoms with E-state index in [9.17, 15) is 14.7 Å². The molecule has 156 valence electrons. The fourth-order valence-corrected chi connectivity index (χ4v) is 3.38. The first-order chi connectivity index (χ1) is 15.1. The van der Waals surface area contributed by atoms with Crippen molar-refractivity contribution >= 4 is 17.3 Å². The minimum atomic E-state index is -1.20. The predicted molar refractivity (Wildman–Crippen MR) is 112 cm³/mol. The third-order valence-electron chi connectivity index (χ3n) is 4.93. The van der Waals surface area contributed by atoms with Gasteiger partial charge < -0.3 is 19.3 Å². The van der Waals surface area contributed by atoms with E-state index < -0.39 is 5.97 Å². The number of methoxy groups -OCH3 is 1. The Morgan fingerprint density at radius 3 is 2.32 bits per heavy atom. The number of hydrogen-bond acceptors (Lipinski definition) is 6. The molecule has 4 rings (SSSR count). The number of allylic oxidation sites excluding steroid dienone is 1. The number of aliphatic carboxylic acids is 1. The number of aromatic nitrogens is 1. The van der Waals surface area contributed by atoms with Crippen LogP contribution in [0.5, 0.6) is 17.2 Å². The normalized spacial score (nSPS) is 12.8. The van der Waals surface area contributed by atoms with Crippen molar-refractivity contribution in [3.8, 4) is 17.2 Å². The minimum absolute atomic E-state index is 0.0690. The summed E-state index contributed by atoms with van der Waals surface area (Å²) in [7, 11) is 1.54. The Morgan fingerprint density at radius 1 is 0.968 bits per heavy atom. The van der Waals surface area contributed by atoms with E-state index in [-0.39, 0.29) is 30.1 Å². The second-order valence-corrected chi connectivity index (χ2v) is 6.82. The number of hydrogen-bond donors (Lipinski definition) is 1. The minimum Gasteiger partial charge on any atom is -0.497 e. The number of Topliss-reactive ketones (excluding diaryl/α,β-unsaturated/α-hetero) is 1. The van der Waals surface area contributed by atoms with Gasteiger partial charge in [0.25, 0.3) is 0 Å². The Balaban J connectivity index is 1.86. The average molecular weight is 417 g/mol. The summed E-state index contributed by atoms with van der Waals surface area (Å²) < 4.78 is 15.9. The molecule has 0 radical (unpaired) electrons. The number of nitrogens with zero attached hydrogens (tertiary/aromatic N) is 1. The molecule has 0 amide bonds. The van der Waals surface area contributed by atoms with Crippen molar-refractivity contribution in [1.82, 2.24) is 4.98 Å². The van der Waals surface area contributed by atoms with E-state index in [0.717, 1.165) is 5.56 Å². The van der Waals surface area contributed by atoms with Crippen LogP contribution in [0.25, 0.3) is 5.57 Å². The average Bonchev–Trinajstić information content (AvgIpc) is 3.27. The predicted octanol–water partition coefficient (Wildman–Crippen LogP) is 3.78. The van der Waals surface area contributed by atoms with E-state index in [1.807, 2.05) is 0 Å². The first-order valence-corrected chi connectivity index (χ1v) is 9.51. The molecule has 2 aromatic carbocycles. The van der Waals surface area contributed by atoms with Crippen LogP contribution in [-0.4, -0.2) is 35.7 Å². The Hall–Kier alpha value is -4.13. The third kappa shape index (κ3) is 4.25. The molecule has 2 heterocycles. The van der Waals surface area contributed by atoms with Crippen molar-refractivity contribution in [2.45, 2.75) is 6.42 Å². The number of carbonyl (C=O) groups excluding carboxylic acids is 1. The van der Waals surface area contributed by atoms with Crippen LogP contribution in [-0.2, 0) is 11.2 Å². The molecule has 0 aliphatic carbocycles. The lowest BCUT2D eigenvalue weighted by molar-refractivity contribution is -0.130. The number of fused-ring (bicyclic) bond motifs is 1. The monoisotopic (exact) mass is 417 g/mol. The van der Waals surface area contributed by atoms with Gasteiger partial charge in [-0.05, 0) is 59.7 Å². The molecule has 7 nitrogen and oxygen atoms in total. The van der Waals surface area contributed by atoms with E-state index in [1.165, 1.54) is 7.11 Å². The molecule has 0 spiro atoms. The molecule has 1 aliphatic heterocycles. The number of pyridine rings is 1. The molecule has 7 heteroatoms. The summed E-state index contributed by atoms with van der Waals surface area (Å²) in [6, 6.07) is 14.9. The van der Waals surface area contributed by atoms with Crippen LogP contribution in [0.2, 0.25) is 0 Å². The SMILES string of the molecule is COc1ccc(C(=O)/C(Cc2ccncc2)=C(\C(=O)O)c2ccc3c(c2)OCO3)cc1. The number of ether oxygens (including phenoxy) is 3. The molecule has 0 saturated carbocycles. The highest BCUT2D eigenvalue weighted by atomic mass is 16.7. The van der Waals surface area contributed by atoms with Crippen LogP contribution in [0.3, 0.4) is 0 Å². The molecule has 0 bridgehead atoms. The van der Waals surface area contributed by atoms with E-state index in [1.54, 1.807) is 67.0 Å². The Labute approximate surface area is 178 Å². The van der Waals surface area contributed by atoms with E-state index >= 15 is 0 Å². The summed E-state index contributed by atoms with van der Waals surface area (Å²) in [5.74, 6) is -0.00758. The second kappa shape index (κ2) is 8.71. The van der Waals surface area contributed by atoms with Gasteiger partial charge in [0.05, 0.1) is 12.7 Å². The zero-order valence-corrected chi connectivity index (χ0v) is 16.7. The molecular weight excluding hydrogens is 398 g/mol. The zero-order valence-electron chi connectivity index (χ0n) is 16.7. The summed E-state index contributed by atoms with van der Waals surface area (Å²) in [5.41, 5.74) is 1.57. The van der Waals surface area contributed by atoms with Crippen molar-refractivity contribution in [2.24, 2.45) is 0 Å². The van der Waals surface area contributed by atoms with Crippen LogP contribution >= 0.6 is 0 Å². The quantitative estimate of drug-likeness (QED) is 0.462. The van der Waals surface area contributed by atoms with Gasteiger partial charge in [-0.25, -0.2) is 4.79 Å². The first-order valence-electron chi connectivity index (χ1n) is 9.51. The van der Waals surface area contributed by atoms with Gasteiger partial charge in [0.1, 0.15) is 5.75 Å². The number of ketones is 1. The maximum atomic E-state index is 13.5. The maximum absolute atomic E-state index is 13.5. The van der Waals surface area contributed by atoms with Crippen molar-refractivity contribution < 1.29 is 28.9 Å². The lowest BCUT2D eigenvalue weighted by atomic mass is 9.89. The molecule has 1 aromatic heterocycles. The summed E-state index contributed by atoms with van der Waals surface area (Å²) in [6.45, 7) is 0.0690. The van der Waals surface area contributed by atoms with Crippen LogP contribution < -0.4 is 14.2 Å². The highest BCUT2D eigenvalue weighted by Gasteiger charge is 2.25. The van der Waals surface area contributed by atoms with Gasteiger partial charge in [-0.1, -0.05) is 6.07 Å². The molecule has 0 saturated heterocycles. The fraction of sp³-hybridized carbons (Fsp3) is 0.125. The summed E-state index contributed by atoms with van der Waals surface area (Å²) in [5, 5.41) is 10.1. The van der Waals surface area contributed by atoms with E-state index in [2.05, 4.69) is 4.98 Å². The third-order valence-corrected chi connectivity index (χ3v) is 4.93. The Kier molecular flexibility index (Phi) is 5.66. The molecule has 31 heavy (non-hydrogen) atoms. The number of carbonyl (C=O) groups is 2. The highest BCUT2D eigenvalue weighted by molar-refractivity contribution is 6.26. The number of carboxylic acids is 1. The van der Waals surface area contributed by atoms with Crippen LogP contribution in [0, 0.1) is 0 Å². The van der Waals surface area contributed by atoms with Gasteiger partial charge in [-0.15, -0.1) is 0 Å². The van der Waals surface area contributed by atoms with Gasteiger partial charge in [0.2, 0.25) is 6.79 Å². The van der Waals surface area contributed by atoms with Gasteiger partial charge in [0, 0.05) is 30.0 Å². The molecule has 0 unspecified atom stereocenters. The van der Waals surface area contributed by atoms with Crippen LogP contribution in [0.15, 0.2) is 72.6 Å². The first kappa shape index (κ1) is 20.2. The van der Waals surface area contributed by atoms with E-state index in [4.69, 9.17) is 14.2 Å². The molecule has 1 aliphatic rings. The highest BCUT2D eigenvalue weighted by Crippen LogP contribution is 2.36. The topological polar surface area (TPSA) is 95.0 Å². The number of benzene rings is 2. The smallest absolute Gasteiger partial charge is 0.336 e.